The Morgan fingerprint density at radius 3 is 2.33 bits per heavy atom. The number of ether oxygens (including phenoxy) is 1. The largest absolute Gasteiger partial charge is 0.412 e. The van der Waals surface area contributed by atoms with Crippen LogP contribution in [0.3, 0.4) is 0 Å². The van der Waals surface area contributed by atoms with Crippen LogP contribution in [-0.2, 0) is 0 Å². The Morgan fingerprint density at radius 2 is 1.83 bits per heavy atom. The molecule has 0 aliphatic heterocycles. The molecular formula is C13H21IN2O2. The van der Waals surface area contributed by atoms with Crippen LogP contribution in [0.1, 0.15) is 13.8 Å². The molecule has 0 aliphatic carbocycles. The molecule has 0 aliphatic rings. The molecule has 0 unspecified atom stereocenters. The molecule has 0 spiro atoms. The molecule has 18 heavy (non-hydrogen) atoms. The van der Waals surface area contributed by atoms with Crippen molar-refractivity contribution in [3.63, 3.8) is 0 Å². The molecule has 1 aromatic rings. The number of carbonyl (C=O) groups excluding carboxylic acids is 1. The molecule has 0 bridgehead atoms. The molecule has 0 saturated carbocycles. The first kappa shape index (κ1) is 17.0. The summed E-state index contributed by atoms with van der Waals surface area (Å²) >= 11 is 2.15. The molecule has 0 saturated heterocycles. The average molecular weight is 364 g/mol. The number of nitrogens with zero attached hydrogens (tertiary/aromatic N) is 1. The lowest BCUT2D eigenvalue weighted by molar-refractivity contribution is 0.203. The predicted molar refractivity (Wildman–Crippen MR) is 85.0 cm³/mol. The Bertz CT molecular complexity index is 355. The lowest BCUT2D eigenvalue weighted by Gasteiger charge is -2.23. The normalized spacial score (nSPS) is 8.94. The van der Waals surface area contributed by atoms with Crippen LogP contribution in [0.4, 0.5) is 10.5 Å². The van der Waals surface area contributed by atoms with Crippen molar-refractivity contribution in [1.29, 1.82) is 0 Å². The maximum atomic E-state index is 11.2. The molecule has 1 amide bonds. The highest BCUT2D eigenvalue weighted by Gasteiger charge is 2.11. The number of anilines is 1. The Balaban J connectivity index is 0.00000137. The fourth-order valence-electron chi connectivity index (χ4n) is 1.52. The summed E-state index contributed by atoms with van der Waals surface area (Å²) in [6, 6.07) is 7.53. The van der Waals surface area contributed by atoms with Gasteiger partial charge in [0, 0.05) is 20.1 Å². The summed E-state index contributed by atoms with van der Waals surface area (Å²) in [6.45, 7) is 5.90. The number of rotatable bonds is 4. The zero-order valence-electron chi connectivity index (χ0n) is 11.4. The number of para-hydroxylation sites is 2. The number of halogens is 1. The van der Waals surface area contributed by atoms with E-state index >= 15 is 0 Å². The smallest absolute Gasteiger partial charge is 0.408 e. The van der Waals surface area contributed by atoms with Crippen LogP contribution in [0.25, 0.3) is 0 Å². The van der Waals surface area contributed by atoms with Crippen LogP contribution in [0, 0.1) is 0 Å². The van der Waals surface area contributed by atoms with Gasteiger partial charge in [0.15, 0.2) is 5.75 Å². The van der Waals surface area contributed by atoms with Crippen LogP contribution in [0.2, 0.25) is 0 Å². The van der Waals surface area contributed by atoms with Crippen molar-refractivity contribution in [3.8, 4) is 5.75 Å². The van der Waals surface area contributed by atoms with Gasteiger partial charge in [0.2, 0.25) is 0 Å². The second kappa shape index (κ2) is 9.99. The molecule has 0 heterocycles. The van der Waals surface area contributed by atoms with Gasteiger partial charge in [-0.05, 0) is 30.9 Å². The zero-order chi connectivity index (χ0) is 14.0. The molecular weight excluding hydrogens is 343 g/mol. The highest BCUT2D eigenvalue weighted by atomic mass is 127. The molecule has 0 aromatic heterocycles. The Hall–Kier alpha value is -0.980. The van der Waals surface area contributed by atoms with Gasteiger partial charge in [0.25, 0.3) is 0 Å². The van der Waals surface area contributed by atoms with Gasteiger partial charge >= 0.3 is 6.09 Å². The quantitative estimate of drug-likeness (QED) is 0.659. The van der Waals surface area contributed by atoms with Crippen molar-refractivity contribution in [2.24, 2.45) is 0 Å². The summed E-state index contributed by atoms with van der Waals surface area (Å²) in [7, 11) is 1.54. The highest BCUT2D eigenvalue weighted by Crippen LogP contribution is 2.27. The zero-order valence-corrected chi connectivity index (χ0v) is 13.5. The predicted octanol–water partition coefficient (Wildman–Crippen LogP) is 3.30. The van der Waals surface area contributed by atoms with E-state index in [2.05, 4.69) is 46.7 Å². The van der Waals surface area contributed by atoms with E-state index in [0.29, 0.717) is 5.75 Å². The molecule has 0 atom stereocenters. The van der Waals surface area contributed by atoms with Crippen LogP contribution < -0.4 is 15.0 Å². The SMILES string of the molecule is CCN(CC)c1ccccc1OC(=O)NC.CI. The number of hydrogen-bond acceptors (Lipinski definition) is 3. The van der Waals surface area contributed by atoms with Crippen molar-refractivity contribution >= 4 is 34.4 Å². The van der Waals surface area contributed by atoms with Gasteiger partial charge in [-0.3, -0.25) is 0 Å². The van der Waals surface area contributed by atoms with Gasteiger partial charge in [-0.1, -0.05) is 34.7 Å². The third-order valence-electron chi connectivity index (χ3n) is 2.38. The van der Waals surface area contributed by atoms with Crippen LogP contribution in [0.5, 0.6) is 5.75 Å². The highest BCUT2D eigenvalue weighted by molar-refractivity contribution is 14.1. The van der Waals surface area contributed by atoms with Crippen LogP contribution >= 0.6 is 22.6 Å². The number of alkyl halides is 1. The topological polar surface area (TPSA) is 41.6 Å². The number of amides is 1. The van der Waals surface area contributed by atoms with Crippen molar-refractivity contribution < 1.29 is 9.53 Å². The molecule has 4 nitrogen and oxygen atoms in total. The van der Waals surface area contributed by atoms with Gasteiger partial charge in [-0.2, -0.15) is 0 Å². The minimum Gasteiger partial charge on any atom is -0.408 e. The lowest BCUT2D eigenvalue weighted by atomic mass is 10.2. The number of hydrogen-bond donors (Lipinski definition) is 1. The molecule has 0 radical (unpaired) electrons. The summed E-state index contributed by atoms with van der Waals surface area (Å²) < 4.78 is 5.19. The van der Waals surface area contributed by atoms with E-state index in [4.69, 9.17) is 4.74 Å². The van der Waals surface area contributed by atoms with E-state index in [1.807, 2.05) is 23.1 Å². The Labute approximate surface area is 123 Å². The van der Waals surface area contributed by atoms with Crippen LogP contribution in [-0.4, -0.2) is 31.2 Å². The van der Waals surface area contributed by atoms with E-state index in [-0.39, 0.29) is 0 Å². The van der Waals surface area contributed by atoms with Crippen LogP contribution in [0.15, 0.2) is 24.3 Å². The molecule has 5 heteroatoms. The number of carbonyl (C=O) groups is 1. The molecule has 1 N–H and O–H groups in total. The maximum absolute atomic E-state index is 11.2. The molecule has 1 rings (SSSR count). The second-order valence-electron chi connectivity index (χ2n) is 3.28. The summed E-state index contributed by atoms with van der Waals surface area (Å²) in [5, 5.41) is 2.44. The molecule has 1 aromatic carbocycles. The van der Waals surface area contributed by atoms with Crippen molar-refractivity contribution in [3.05, 3.63) is 24.3 Å². The van der Waals surface area contributed by atoms with Crippen molar-refractivity contribution in [1.82, 2.24) is 5.32 Å². The maximum Gasteiger partial charge on any atom is 0.412 e. The number of benzene rings is 1. The fourth-order valence-corrected chi connectivity index (χ4v) is 1.52. The van der Waals surface area contributed by atoms with Gasteiger partial charge in [0.05, 0.1) is 5.69 Å². The van der Waals surface area contributed by atoms with Gasteiger partial charge in [-0.25, -0.2) is 4.79 Å². The van der Waals surface area contributed by atoms with Crippen molar-refractivity contribution in [2.75, 3.05) is 30.0 Å². The number of nitrogens with one attached hydrogen (secondary N) is 1. The van der Waals surface area contributed by atoms with E-state index in [0.717, 1.165) is 18.8 Å². The molecule has 0 fully saturated rings. The third kappa shape index (κ3) is 5.12. The Kier molecular flexibility index (Phi) is 9.45. The van der Waals surface area contributed by atoms with Gasteiger partial charge in [-0.15, -0.1) is 0 Å². The summed E-state index contributed by atoms with van der Waals surface area (Å²) in [5.41, 5.74) is 0.941. The van der Waals surface area contributed by atoms with Gasteiger partial charge < -0.3 is 15.0 Å². The van der Waals surface area contributed by atoms with E-state index in [1.165, 1.54) is 0 Å². The average Bonchev–Trinajstić information content (AvgIpc) is 2.44. The first-order valence-electron chi connectivity index (χ1n) is 5.84. The van der Waals surface area contributed by atoms with Gasteiger partial charge in [0.1, 0.15) is 0 Å². The van der Waals surface area contributed by atoms with E-state index in [1.54, 1.807) is 13.1 Å². The monoisotopic (exact) mass is 364 g/mol. The minimum absolute atomic E-state index is 0.445. The first-order chi connectivity index (χ1) is 8.72. The van der Waals surface area contributed by atoms with Crippen molar-refractivity contribution in [2.45, 2.75) is 13.8 Å². The standard InChI is InChI=1S/C12H18N2O2.CH3I/c1-4-14(5-2)10-8-6-7-9-11(10)16-12(15)13-3;1-2/h6-9H,4-5H2,1-3H3,(H,13,15);1H3. The van der Waals surface area contributed by atoms with E-state index in [9.17, 15) is 4.79 Å². The Morgan fingerprint density at radius 1 is 1.28 bits per heavy atom. The second-order valence-corrected chi connectivity index (χ2v) is 3.28. The summed E-state index contributed by atoms with van der Waals surface area (Å²) in [6.07, 6.45) is -0.445. The summed E-state index contributed by atoms with van der Waals surface area (Å²) in [5.74, 6) is 0.588. The third-order valence-corrected chi connectivity index (χ3v) is 2.38. The van der Waals surface area contributed by atoms with E-state index < -0.39 is 6.09 Å². The summed E-state index contributed by atoms with van der Waals surface area (Å²) in [4.78, 5) is 15.3. The fraction of sp³-hybridized carbons (Fsp3) is 0.462. The minimum atomic E-state index is -0.445. The lowest BCUT2D eigenvalue weighted by Crippen LogP contribution is -2.26. The first-order valence-corrected chi connectivity index (χ1v) is 8.00. The molecule has 102 valence electrons.